The van der Waals surface area contributed by atoms with E-state index >= 15 is 8.78 Å². The Balaban J connectivity index is 1.29. The van der Waals surface area contributed by atoms with Crippen LogP contribution in [0.5, 0.6) is 0 Å². The lowest BCUT2D eigenvalue weighted by atomic mass is 9.88. The van der Waals surface area contributed by atoms with E-state index in [9.17, 15) is 1.37 Å². The summed E-state index contributed by atoms with van der Waals surface area (Å²) < 4.78 is 55.6. The summed E-state index contributed by atoms with van der Waals surface area (Å²) in [6.07, 6.45) is 2.32. The highest BCUT2D eigenvalue weighted by Gasteiger charge is 2.67. The second-order valence-corrected chi connectivity index (χ2v) is 22.7. The van der Waals surface area contributed by atoms with Crippen molar-refractivity contribution in [3.05, 3.63) is 180 Å². The highest BCUT2D eigenvalue weighted by Crippen LogP contribution is 2.53. The standard InChI is InChI=1S/C53H41F2N3OSi/c1-31(2)40-29-46-39-16-8-10-17-41(39)53(56(46)30-48(40)60(3,4)5)42-26-25-38-37-24-22-34(36-15-9-11-18-43(36)54)28-47(37)59-51(38)49(42)52-57(50-44(55)19-12-20-45(50)58(52)53)35-23-21-32-13-6-7-14-33(32)27-35/h6-31H,1-5H3/q+2/i31D. The summed E-state index contributed by atoms with van der Waals surface area (Å²) in [4.78, 5) is 0. The molecule has 0 saturated carbocycles. The quantitative estimate of drug-likeness (QED) is 0.129. The summed E-state index contributed by atoms with van der Waals surface area (Å²) in [5, 5.41) is 5.17. The zero-order chi connectivity index (χ0) is 41.7. The summed E-state index contributed by atoms with van der Waals surface area (Å²) in [5.74, 6) is -0.687. The molecule has 0 saturated heterocycles. The SMILES string of the molecule is [2H]C(C)(C)c1cc2[n+](cc1[Si](C)(C)C)C1(c3ccccc3-2)c2ccc3c(oc4cc(-c5ccccc5F)ccc43)c2-c2n(-c3ccc4ccccc4c3)c3c(F)cccc3[n+]21. The van der Waals surface area contributed by atoms with Gasteiger partial charge in [0, 0.05) is 29.0 Å². The molecule has 0 N–H and O–H groups in total. The molecule has 3 aromatic heterocycles. The summed E-state index contributed by atoms with van der Waals surface area (Å²) >= 11 is 0. The van der Waals surface area contributed by atoms with Crippen LogP contribution in [0.2, 0.25) is 19.6 Å². The first kappa shape index (κ1) is 34.2. The molecule has 5 heterocycles. The van der Waals surface area contributed by atoms with Gasteiger partial charge in [-0.15, -0.1) is 9.13 Å². The molecular formula is C53H41F2N3OSi+2. The lowest BCUT2D eigenvalue weighted by Crippen LogP contribution is -2.72. The number of hydrogen-bond donors (Lipinski definition) is 0. The molecule has 12 rings (SSSR count). The van der Waals surface area contributed by atoms with E-state index < -0.39 is 19.6 Å². The molecule has 0 bridgehead atoms. The van der Waals surface area contributed by atoms with Gasteiger partial charge in [-0.1, -0.05) is 106 Å². The predicted octanol–water partition coefficient (Wildman–Crippen LogP) is 12.1. The zero-order valence-electron chi connectivity index (χ0n) is 34.9. The number of nitrogens with zero attached hydrogens (tertiary/aromatic N) is 3. The van der Waals surface area contributed by atoms with E-state index in [2.05, 4.69) is 112 Å². The fraction of sp³-hybridized carbons (Fsp3) is 0.132. The molecule has 1 unspecified atom stereocenters. The Labute approximate surface area is 348 Å². The van der Waals surface area contributed by atoms with E-state index in [1.165, 1.54) is 11.3 Å². The van der Waals surface area contributed by atoms with E-state index in [0.717, 1.165) is 77.6 Å². The Kier molecular flexibility index (Phi) is 6.94. The summed E-state index contributed by atoms with van der Waals surface area (Å²) in [6.45, 7) is 11.0. The first-order chi connectivity index (χ1) is 29.4. The third kappa shape index (κ3) is 4.53. The second-order valence-electron chi connectivity index (χ2n) is 17.6. The lowest BCUT2D eigenvalue weighted by molar-refractivity contribution is -0.944. The largest absolute Gasteiger partial charge is 0.455 e. The molecule has 290 valence electrons. The minimum absolute atomic E-state index is 0.297. The van der Waals surface area contributed by atoms with Gasteiger partial charge in [0.15, 0.2) is 23.1 Å². The molecular weight excluding hydrogens is 761 g/mol. The van der Waals surface area contributed by atoms with Crippen molar-refractivity contribution in [2.45, 2.75) is 45.0 Å². The normalized spacial score (nSPS) is 15.9. The monoisotopic (exact) mass is 802 g/mol. The van der Waals surface area contributed by atoms with Crippen molar-refractivity contribution < 1.29 is 23.7 Å². The van der Waals surface area contributed by atoms with Gasteiger partial charge in [0.25, 0.3) is 0 Å². The Morgan fingerprint density at radius 1 is 0.700 bits per heavy atom. The first-order valence-electron chi connectivity index (χ1n) is 21.1. The molecule has 2 aliphatic heterocycles. The Bertz CT molecular complexity index is 3560. The maximum absolute atomic E-state index is 17.1. The molecule has 7 heteroatoms. The van der Waals surface area contributed by atoms with Gasteiger partial charge in [-0.05, 0) is 94.5 Å². The maximum atomic E-state index is 17.1. The summed E-state index contributed by atoms with van der Waals surface area (Å²) in [5.41, 5.74) is 9.55. The average Bonchev–Trinajstić information content (AvgIpc) is 3.96. The van der Waals surface area contributed by atoms with Crippen molar-refractivity contribution in [2.75, 3.05) is 0 Å². The second kappa shape index (κ2) is 12.2. The summed E-state index contributed by atoms with van der Waals surface area (Å²) in [6, 6.07) is 47.8. The molecule has 60 heavy (non-hydrogen) atoms. The highest BCUT2D eigenvalue weighted by atomic mass is 28.3. The van der Waals surface area contributed by atoms with Crippen molar-refractivity contribution in [2.24, 2.45) is 0 Å². The number of para-hydroxylation sites is 1. The zero-order valence-corrected chi connectivity index (χ0v) is 34.9. The highest BCUT2D eigenvalue weighted by molar-refractivity contribution is 6.89. The molecule has 2 aliphatic rings. The van der Waals surface area contributed by atoms with Crippen LogP contribution in [-0.4, -0.2) is 12.6 Å². The molecule has 0 radical (unpaired) electrons. The lowest BCUT2D eigenvalue weighted by Gasteiger charge is -2.25. The van der Waals surface area contributed by atoms with E-state index in [4.69, 9.17) is 4.42 Å². The number of aromatic nitrogens is 3. The molecule has 0 amide bonds. The van der Waals surface area contributed by atoms with Gasteiger partial charge >= 0.3 is 11.5 Å². The van der Waals surface area contributed by atoms with Crippen molar-refractivity contribution in [1.82, 2.24) is 4.57 Å². The van der Waals surface area contributed by atoms with Gasteiger partial charge in [0.05, 0.1) is 24.8 Å². The van der Waals surface area contributed by atoms with Crippen LogP contribution < -0.4 is 14.3 Å². The van der Waals surface area contributed by atoms with E-state index in [1.807, 2.05) is 56.3 Å². The van der Waals surface area contributed by atoms with Crippen LogP contribution in [0, 0.1) is 11.6 Å². The molecule has 0 aliphatic carbocycles. The first-order valence-corrected chi connectivity index (χ1v) is 24.1. The van der Waals surface area contributed by atoms with Gasteiger partial charge < -0.3 is 4.42 Å². The Hall–Kier alpha value is -6.70. The minimum Gasteiger partial charge on any atom is -0.455 e. The van der Waals surface area contributed by atoms with Crippen molar-refractivity contribution in [3.8, 4) is 39.5 Å². The van der Waals surface area contributed by atoms with E-state index in [1.54, 1.807) is 24.3 Å². The number of fused-ring (bicyclic) bond motifs is 17. The number of hydrogen-bond acceptors (Lipinski definition) is 1. The van der Waals surface area contributed by atoms with E-state index in [-0.39, 0.29) is 11.6 Å². The fourth-order valence-electron chi connectivity index (χ4n) is 10.4. The fourth-order valence-corrected chi connectivity index (χ4v) is 12.0. The Morgan fingerprint density at radius 3 is 2.23 bits per heavy atom. The van der Waals surface area contributed by atoms with Gasteiger partial charge in [0.1, 0.15) is 22.7 Å². The number of furan rings is 1. The Morgan fingerprint density at radius 2 is 1.43 bits per heavy atom. The summed E-state index contributed by atoms with van der Waals surface area (Å²) in [7, 11) is -2.08. The van der Waals surface area contributed by atoms with Crippen LogP contribution in [0.25, 0.3) is 83.2 Å². The van der Waals surface area contributed by atoms with Crippen LogP contribution in [0.1, 0.15) is 37.8 Å². The van der Waals surface area contributed by atoms with Gasteiger partial charge in [0.2, 0.25) is 11.2 Å². The van der Waals surface area contributed by atoms with Gasteiger partial charge in [-0.2, -0.15) is 4.57 Å². The smallest absolute Gasteiger partial charge is 0.364 e. The van der Waals surface area contributed by atoms with Crippen LogP contribution in [0.4, 0.5) is 8.78 Å². The van der Waals surface area contributed by atoms with Crippen LogP contribution in [0.15, 0.2) is 156 Å². The topological polar surface area (TPSA) is 25.8 Å². The molecule has 0 fully saturated rings. The van der Waals surface area contributed by atoms with Crippen LogP contribution >= 0.6 is 0 Å². The van der Waals surface area contributed by atoms with Crippen LogP contribution in [-0.2, 0) is 5.66 Å². The molecule has 7 aromatic carbocycles. The number of rotatable bonds is 4. The minimum atomic E-state index is -2.08. The molecule has 10 aromatic rings. The predicted molar refractivity (Wildman–Crippen MR) is 240 cm³/mol. The third-order valence-electron chi connectivity index (χ3n) is 13.0. The maximum Gasteiger partial charge on any atom is 0.364 e. The number of imidazole rings is 1. The van der Waals surface area contributed by atoms with Crippen LogP contribution in [0.3, 0.4) is 0 Å². The average molecular weight is 803 g/mol. The molecule has 1 atom stereocenters. The number of pyridine rings is 1. The van der Waals surface area contributed by atoms with Crippen molar-refractivity contribution in [3.63, 3.8) is 0 Å². The number of halogens is 2. The van der Waals surface area contributed by atoms with Crippen molar-refractivity contribution in [1.29, 1.82) is 0 Å². The molecule has 4 nitrogen and oxygen atoms in total. The van der Waals surface area contributed by atoms with Crippen molar-refractivity contribution >= 4 is 57.0 Å². The van der Waals surface area contributed by atoms with Gasteiger partial charge in [-0.3, -0.25) is 0 Å². The number of benzene rings is 7. The molecule has 1 spiro atoms. The third-order valence-corrected chi connectivity index (χ3v) is 15.0. The van der Waals surface area contributed by atoms with Gasteiger partial charge in [-0.25, -0.2) is 8.78 Å². The van der Waals surface area contributed by atoms with E-state index in [0.29, 0.717) is 22.2 Å².